The smallest absolute Gasteiger partial charge is 0.339 e. The van der Waals surface area contributed by atoms with Gasteiger partial charge in [0.15, 0.2) is 6.61 Å². The molecule has 1 N–H and O–H groups in total. The van der Waals surface area contributed by atoms with Crippen LogP contribution < -0.4 is 21.2 Å². The highest BCUT2D eigenvalue weighted by Gasteiger charge is 2.18. The third-order valence-electron chi connectivity index (χ3n) is 5.62. The molecule has 8 nitrogen and oxygen atoms in total. The first kappa shape index (κ1) is 21.2. The first-order valence-electron chi connectivity index (χ1n) is 10.1. The topological polar surface area (TPSA) is 95.5 Å². The van der Waals surface area contributed by atoms with Crippen LogP contribution in [0.25, 0.3) is 16.7 Å². The number of carbonyl (C=O) groups excluding carboxylic acids is 1. The van der Waals surface area contributed by atoms with E-state index in [1.807, 2.05) is 37.3 Å². The SMILES string of the molecule is Cc1c(C)c2ccc(OCC(=O)Nc3c(C)n(C)n(-c4ccccc4)c3=O)cc2oc1=O. The Kier molecular flexibility index (Phi) is 5.44. The van der Waals surface area contributed by atoms with Crippen LogP contribution in [0.4, 0.5) is 5.69 Å². The summed E-state index contributed by atoms with van der Waals surface area (Å²) >= 11 is 0. The molecule has 0 saturated heterocycles. The van der Waals surface area contributed by atoms with Gasteiger partial charge in [-0.15, -0.1) is 0 Å². The molecule has 0 fully saturated rings. The molecule has 0 aliphatic heterocycles. The predicted molar refractivity (Wildman–Crippen MR) is 122 cm³/mol. The number of rotatable bonds is 5. The standard InChI is InChI=1S/C24H23N3O5/c1-14-15(2)24(30)32-20-12-18(10-11-19(14)20)31-13-21(28)25-22-16(3)26(4)27(23(22)29)17-8-6-5-7-9-17/h5-12H,13H2,1-4H3,(H,25,28). The summed E-state index contributed by atoms with van der Waals surface area (Å²) in [6.45, 7) is 5.02. The van der Waals surface area contributed by atoms with Gasteiger partial charge in [0.25, 0.3) is 11.5 Å². The molecule has 0 bridgehead atoms. The summed E-state index contributed by atoms with van der Waals surface area (Å²) < 4.78 is 14.1. The Labute approximate surface area is 183 Å². The Hall–Kier alpha value is -4.07. The van der Waals surface area contributed by atoms with Gasteiger partial charge in [0.05, 0.1) is 11.4 Å². The lowest BCUT2D eigenvalue weighted by atomic mass is 10.1. The predicted octanol–water partition coefficient (Wildman–Crippen LogP) is 3.23. The lowest BCUT2D eigenvalue weighted by molar-refractivity contribution is -0.118. The summed E-state index contributed by atoms with van der Waals surface area (Å²) in [7, 11) is 1.75. The van der Waals surface area contributed by atoms with Crippen LogP contribution >= 0.6 is 0 Å². The molecule has 32 heavy (non-hydrogen) atoms. The van der Waals surface area contributed by atoms with E-state index in [-0.39, 0.29) is 17.9 Å². The minimum absolute atomic E-state index is 0.195. The zero-order chi connectivity index (χ0) is 23.0. The molecule has 0 atom stereocenters. The Morgan fingerprint density at radius 1 is 1.03 bits per heavy atom. The van der Waals surface area contributed by atoms with E-state index in [1.54, 1.807) is 43.8 Å². The molecule has 2 heterocycles. The minimum Gasteiger partial charge on any atom is -0.484 e. The van der Waals surface area contributed by atoms with Gasteiger partial charge in [0.1, 0.15) is 17.0 Å². The molecule has 0 radical (unpaired) electrons. The van der Waals surface area contributed by atoms with Crippen molar-refractivity contribution in [2.24, 2.45) is 7.05 Å². The van der Waals surface area contributed by atoms with Crippen molar-refractivity contribution in [2.75, 3.05) is 11.9 Å². The molecule has 0 aliphatic rings. The van der Waals surface area contributed by atoms with Crippen molar-refractivity contribution in [3.05, 3.63) is 86.1 Å². The third-order valence-corrected chi connectivity index (χ3v) is 5.62. The number of nitrogens with zero attached hydrogens (tertiary/aromatic N) is 2. The number of amides is 1. The molecule has 0 spiro atoms. The van der Waals surface area contributed by atoms with Crippen LogP contribution in [0.15, 0.2) is 62.5 Å². The molecule has 4 rings (SSSR count). The van der Waals surface area contributed by atoms with Crippen LogP contribution in [-0.4, -0.2) is 21.9 Å². The summed E-state index contributed by atoms with van der Waals surface area (Å²) in [5, 5.41) is 3.46. The van der Waals surface area contributed by atoms with E-state index < -0.39 is 11.5 Å². The molecule has 2 aromatic heterocycles. The van der Waals surface area contributed by atoms with E-state index in [9.17, 15) is 14.4 Å². The van der Waals surface area contributed by atoms with E-state index in [4.69, 9.17) is 9.15 Å². The van der Waals surface area contributed by atoms with Crippen molar-refractivity contribution in [3.8, 4) is 11.4 Å². The van der Waals surface area contributed by atoms with E-state index in [1.165, 1.54) is 4.68 Å². The second-order valence-corrected chi connectivity index (χ2v) is 7.57. The number of anilines is 1. The molecular weight excluding hydrogens is 410 g/mol. The van der Waals surface area contributed by atoms with Crippen LogP contribution in [-0.2, 0) is 11.8 Å². The van der Waals surface area contributed by atoms with Crippen molar-refractivity contribution in [1.82, 2.24) is 9.36 Å². The third kappa shape index (κ3) is 3.71. The average molecular weight is 433 g/mol. The molecular formula is C24H23N3O5. The average Bonchev–Trinajstić information content (AvgIpc) is 2.99. The fourth-order valence-electron chi connectivity index (χ4n) is 3.55. The molecule has 4 aromatic rings. The molecule has 1 amide bonds. The number of ether oxygens (including phenoxy) is 1. The zero-order valence-electron chi connectivity index (χ0n) is 18.3. The van der Waals surface area contributed by atoms with Gasteiger partial charge < -0.3 is 14.5 Å². The normalized spacial score (nSPS) is 11.0. The highest BCUT2D eigenvalue weighted by atomic mass is 16.5. The van der Waals surface area contributed by atoms with Gasteiger partial charge in [-0.1, -0.05) is 18.2 Å². The fourth-order valence-corrected chi connectivity index (χ4v) is 3.55. The maximum atomic E-state index is 12.9. The van der Waals surface area contributed by atoms with E-state index in [2.05, 4.69) is 5.32 Å². The Balaban J connectivity index is 1.52. The van der Waals surface area contributed by atoms with E-state index in [0.717, 1.165) is 10.9 Å². The van der Waals surface area contributed by atoms with Crippen molar-refractivity contribution < 1.29 is 13.9 Å². The van der Waals surface area contributed by atoms with Gasteiger partial charge in [-0.25, -0.2) is 9.48 Å². The molecule has 8 heteroatoms. The van der Waals surface area contributed by atoms with Gasteiger partial charge in [0, 0.05) is 24.1 Å². The lowest BCUT2D eigenvalue weighted by Crippen LogP contribution is -2.25. The van der Waals surface area contributed by atoms with E-state index >= 15 is 0 Å². The van der Waals surface area contributed by atoms with Gasteiger partial charge in [-0.2, -0.15) is 0 Å². The van der Waals surface area contributed by atoms with Crippen molar-refractivity contribution >= 4 is 22.6 Å². The summed E-state index contributed by atoms with van der Waals surface area (Å²) in [4.78, 5) is 37.3. The van der Waals surface area contributed by atoms with Crippen LogP contribution in [0, 0.1) is 20.8 Å². The second-order valence-electron chi connectivity index (χ2n) is 7.57. The van der Waals surface area contributed by atoms with Crippen LogP contribution in [0.1, 0.15) is 16.8 Å². The Bertz CT molecular complexity index is 1440. The van der Waals surface area contributed by atoms with Crippen molar-refractivity contribution in [1.29, 1.82) is 0 Å². The number of nitrogens with one attached hydrogen (secondary N) is 1. The summed E-state index contributed by atoms with van der Waals surface area (Å²) in [5.74, 6) is -0.0943. The number of benzene rings is 2. The molecule has 0 unspecified atom stereocenters. The largest absolute Gasteiger partial charge is 0.484 e. The fraction of sp³-hybridized carbons (Fsp3) is 0.208. The molecule has 0 saturated carbocycles. The number of hydrogen-bond acceptors (Lipinski definition) is 5. The maximum Gasteiger partial charge on any atom is 0.339 e. The lowest BCUT2D eigenvalue weighted by Gasteiger charge is -2.09. The monoisotopic (exact) mass is 433 g/mol. The van der Waals surface area contributed by atoms with Gasteiger partial charge in [-0.05, 0) is 50.6 Å². The second kappa shape index (κ2) is 8.22. The summed E-state index contributed by atoms with van der Waals surface area (Å²) in [6, 6.07) is 14.2. The number of aromatic nitrogens is 2. The summed E-state index contributed by atoms with van der Waals surface area (Å²) in [5.41, 5.74) is 2.57. The van der Waals surface area contributed by atoms with Crippen LogP contribution in [0.2, 0.25) is 0 Å². The highest BCUT2D eigenvalue weighted by Crippen LogP contribution is 2.24. The van der Waals surface area contributed by atoms with Crippen LogP contribution in [0.5, 0.6) is 5.75 Å². The quantitative estimate of drug-likeness (QED) is 0.488. The summed E-state index contributed by atoms with van der Waals surface area (Å²) in [6.07, 6.45) is 0. The number of para-hydroxylation sites is 1. The van der Waals surface area contributed by atoms with Gasteiger partial charge >= 0.3 is 5.63 Å². The number of fused-ring (bicyclic) bond motifs is 1. The van der Waals surface area contributed by atoms with Gasteiger partial charge in [-0.3, -0.25) is 14.3 Å². The highest BCUT2D eigenvalue weighted by molar-refractivity contribution is 5.92. The first-order valence-corrected chi connectivity index (χ1v) is 10.1. The molecule has 2 aromatic carbocycles. The first-order chi connectivity index (χ1) is 15.3. The number of carbonyl (C=O) groups is 1. The maximum absolute atomic E-state index is 12.9. The van der Waals surface area contributed by atoms with Crippen molar-refractivity contribution in [3.63, 3.8) is 0 Å². The molecule has 0 aliphatic carbocycles. The van der Waals surface area contributed by atoms with Crippen LogP contribution in [0.3, 0.4) is 0 Å². The zero-order valence-corrected chi connectivity index (χ0v) is 18.3. The van der Waals surface area contributed by atoms with Gasteiger partial charge in [0.2, 0.25) is 0 Å². The van der Waals surface area contributed by atoms with E-state index in [0.29, 0.717) is 28.3 Å². The number of hydrogen-bond donors (Lipinski definition) is 1. The Morgan fingerprint density at radius 3 is 2.47 bits per heavy atom. The molecule has 164 valence electrons. The Morgan fingerprint density at radius 2 is 1.75 bits per heavy atom. The van der Waals surface area contributed by atoms with Crippen molar-refractivity contribution in [2.45, 2.75) is 20.8 Å². The minimum atomic E-state index is -0.474. The number of aryl methyl sites for hydroxylation is 1.